The monoisotopic (exact) mass is 273 g/mol. The van der Waals surface area contributed by atoms with E-state index in [1.165, 1.54) is 18.4 Å². The normalized spacial score (nSPS) is 10.6. The van der Waals surface area contributed by atoms with Crippen LogP contribution in [0.4, 0.5) is 5.13 Å². The van der Waals surface area contributed by atoms with Crippen LogP contribution < -0.4 is 15.5 Å². The van der Waals surface area contributed by atoms with E-state index in [9.17, 15) is 9.90 Å². The Morgan fingerprint density at radius 2 is 2.41 bits per heavy atom. The second-order valence-corrected chi connectivity index (χ2v) is 5.18. The number of ketones is 1. The van der Waals surface area contributed by atoms with Gasteiger partial charge in [0.1, 0.15) is 0 Å². The lowest BCUT2D eigenvalue weighted by molar-refractivity contribution is -0.741. The Hall–Kier alpha value is -1.68. The van der Waals surface area contributed by atoms with Crippen LogP contribution in [-0.2, 0) is 7.05 Å². The Kier molecular flexibility index (Phi) is 3.24. The summed E-state index contributed by atoms with van der Waals surface area (Å²) in [4.78, 5) is 11.7. The van der Waals surface area contributed by atoms with E-state index in [1.54, 1.807) is 0 Å². The molecule has 0 spiro atoms. The molecule has 17 heavy (non-hydrogen) atoms. The summed E-state index contributed by atoms with van der Waals surface area (Å²) in [6.07, 6.45) is 0. The highest BCUT2D eigenvalue weighted by molar-refractivity contribution is 8.01. The van der Waals surface area contributed by atoms with Crippen molar-refractivity contribution in [3.63, 3.8) is 0 Å². The lowest BCUT2D eigenvalue weighted by Crippen LogP contribution is -2.37. The quantitative estimate of drug-likeness (QED) is 0.427. The van der Waals surface area contributed by atoms with Crippen molar-refractivity contribution >= 4 is 34.0 Å². The highest BCUT2D eigenvalue weighted by Crippen LogP contribution is 2.24. The maximum atomic E-state index is 11.7. The van der Waals surface area contributed by atoms with Crippen molar-refractivity contribution in [3.8, 4) is 5.95 Å². The number of nitrogens with two attached hydrogens (primary N) is 1. The summed E-state index contributed by atoms with van der Waals surface area (Å²) in [5, 5.41) is 22.2. The van der Waals surface area contributed by atoms with E-state index in [0.29, 0.717) is 9.47 Å². The van der Waals surface area contributed by atoms with E-state index in [0.717, 1.165) is 16.4 Å². The standard InChI is InChI=1S/C7H7N5O3S2/c1-12-4(5(14)15-11-12)3(13)2-16-7-10-9-6(8)17-7/h2H2,1H3,(H2-,8,9,11,13,14). The number of anilines is 1. The molecule has 10 heteroatoms. The van der Waals surface area contributed by atoms with E-state index >= 15 is 0 Å². The van der Waals surface area contributed by atoms with Crippen LogP contribution in [0.25, 0.3) is 0 Å². The third kappa shape index (κ3) is 2.53. The second kappa shape index (κ2) is 4.67. The van der Waals surface area contributed by atoms with Gasteiger partial charge in [-0.25, -0.2) is 0 Å². The molecule has 0 aliphatic rings. The molecule has 2 aromatic rings. The largest absolute Gasteiger partial charge is 0.539 e. The molecule has 0 amide bonds. The van der Waals surface area contributed by atoms with Gasteiger partial charge in [-0.1, -0.05) is 27.8 Å². The molecule has 90 valence electrons. The van der Waals surface area contributed by atoms with Crippen molar-refractivity contribution in [2.45, 2.75) is 4.34 Å². The lowest BCUT2D eigenvalue weighted by atomic mass is 10.3. The van der Waals surface area contributed by atoms with Crippen molar-refractivity contribution in [2.75, 3.05) is 11.5 Å². The number of nitrogen functional groups attached to an aromatic ring is 1. The number of aromatic nitrogens is 4. The number of hydrogen-bond acceptors (Lipinski definition) is 9. The fraction of sp³-hybridized carbons (Fsp3) is 0.286. The van der Waals surface area contributed by atoms with Gasteiger partial charge in [0.2, 0.25) is 10.9 Å². The van der Waals surface area contributed by atoms with Gasteiger partial charge in [-0.05, 0) is 0 Å². The van der Waals surface area contributed by atoms with E-state index in [4.69, 9.17) is 5.73 Å². The van der Waals surface area contributed by atoms with Gasteiger partial charge in [0.25, 0.3) is 5.69 Å². The van der Waals surface area contributed by atoms with Crippen molar-refractivity contribution in [1.29, 1.82) is 0 Å². The van der Waals surface area contributed by atoms with Crippen LogP contribution in [0.2, 0.25) is 0 Å². The number of nitrogens with zero attached hydrogens (tertiary/aromatic N) is 4. The highest BCUT2D eigenvalue weighted by Gasteiger charge is 2.23. The Balaban J connectivity index is 2.03. The number of Topliss-reactive ketones (excluding diaryl/α,β-unsaturated/α-hetero) is 1. The fourth-order valence-electron chi connectivity index (χ4n) is 1.08. The number of carbonyl (C=O) groups excluding carboxylic acids is 1. The van der Waals surface area contributed by atoms with Crippen molar-refractivity contribution < 1.29 is 19.1 Å². The summed E-state index contributed by atoms with van der Waals surface area (Å²) in [6, 6.07) is 0. The molecule has 2 N–H and O–H groups in total. The van der Waals surface area contributed by atoms with Gasteiger partial charge in [-0.2, -0.15) is 0 Å². The first-order valence-corrected chi connectivity index (χ1v) is 6.16. The number of carbonyl (C=O) groups is 1. The summed E-state index contributed by atoms with van der Waals surface area (Å²) in [7, 11) is 1.46. The number of aryl methyl sites for hydroxylation is 1. The molecule has 0 fully saturated rings. The fourth-order valence-corrected chi connectivity index (χ4v) is 2.58. The predicted molar refractivity (Wildman–Crippen MR) is 56.5 cm³/mol. The average molecular weight is 273 g/mol. The summed E-state index contributed by atoms with van der Waals surface area (Å²) >= 11 is 2.34. The molecule has 0 aromatic carbocycles. The smallest absolute Gasteiger partial charge is 0.300 e. The molecule has 0 bridgehead atoms. The zero-order valence-electron chi connectivity index (χ0n) is 8.61. The molecule has 0 aliphatic carbocycles. The van der Waals surface area contributed by atoms with E-state index in [-0.39, 0.29) is 17.2 Å². The highest BCUT2D eigenvalue weighted by atomic mass is 32.2. The van der Waals surface area contributed by atoms with Crippen molar-refractivity contribution in [3.05, 3.63) is 5.69 Å². The van der Waals surface area contributed by atoms with E-state index < -0.39 is 5.95 Å². The molecule has 2 rings (SSSR count). The molecule has 8 nitrogen and oxygen atoms in total. The second-order valence-electron chi connectivity index (χ2n) is 2.95. The van der Waals surface area contributed by atoms with Gasteiger partial charge < -0.3 is 15.4 Å². The molecule has 2 aromatic heterocycles. The first kappa shape index (κ1) is 11.8. The summed E-state index contributed by atoms with van der Waals surface area (Å²) in [5.74, 6) is -1.06. The molecule has 0 aliphatic heterocycles. The van der Waals surface area contributed by atoms with Gasteiger partial charge in [-0.3, -0.25) is 4.79 Å². The maximum Gasteiger partial charge on any atom is 0.300 e. The number of hydrogen-bond donors (Lipinski definition) is 1. The molecular weight excluding hydrogens is 266 g/mol. The minimum Gasteiger partial charge on any atom is -0.539 e. The molecule has 0 atom stereocenters. The van der Waals surface area contributed by atoms with Crippen LogP contribution in [0.1, 0.15) is 10.5 Å². The summed E-state index contributed by atoms with van der Waals surface area (Å²) in [6.45, 7) is 0. The zero-order chi connectivity index (χ0) is 12.4. The molecule has 2 heterocycles. The number of rotatable bonds is 4. The first-order chi connectivity index (χ1) is 8.08. The SMILES string of the molecule is C[n+]1noc([O-])c1C(=O)CSc1nnc(N)s1. The topological polar surface area (TPSA) is 122 Å². The van der Waals surface area contributed by atoms with Crippen LogP contribution in [0, 0.1) is 0 Å². The Morgan fingerprint density at radius 3 is 2.94 bits per heavy atom. The van der Waals surface area contributed by atoms with E-state index in [2.05, 4.69) is 20.0 Å². The molecule has 0 unspecified atom stereocenters. The van der Waals surface area contributed by atoms with Crippen LogP contribution >= 0.6 is 23.1 Å². The van der Waals surface area contributed by atoms with Crippen LogP contribution in [0.5, 0.6) is 5.95 Å². The predicted octanol–water partition coefficient (Wildman–Crippen LogP) is -1.02. The summed E-state index contributed by atoms with van der Waals surface area (Å²) < 4.78 is 6.04. The van der Waals surface area contributed by atoms with Crippen LogP contribution in [0.15, 0.2) is 8.86 Å². The number of thioether (sulfide) groups is 1. The average Bonchev–Trinajstić information content (AvgIpc) is 2.83. The zero-order valence-corrected chi connectivity index (χ0v) is 10.2. The minimum atomic E-state index is -0.741. The van der Waals surface area contributed by atoms with E-state index in [1.807, 2.05) is 0 Å². The molecule has 0 radical (unpaired) electrons. The van der Waals surface area contributed by atoms with Crippen molar-refractivity contribution in [2.24, 2.45) is 7.05 Å². The van der Waals surface area contributed by atoms with Crippen LogP contribution in [0.3, 0.4) is 0 Å². The Bertz CT molecular complexity index is 532. The maximum absolute atomic E-state index is 11.7. The van der Waals surface area contributed by atoms with Gasteiger partial charge >= 0.3 is 0 Å². The molecule has 0 saturated heterocycles. The third-order valence-electron chi connectivity index (χ3n) is 1.78. The first-order valence-electron chi connectivity index (χ1n) is 4.36. The Morgan fingerprint density at radius 1 is 1.65 bits per heavy atom. The summed E-state index contributed by atoms with van der Waals surface area (Å²) in [5.41, 5.74) is 5.31. The minimum absolute atomic E-state index is 0.0545. The lowest BCUT2D eigenvalue weighted by Gasteiger charge is -1.94. The van der Waals surface area contributed by atoms with Crippen LogP contribution in [-0.4, -0.2) is 27.0 Å². The third-order valence-corrected chi connectivity index (χ3v) is 3.66. The van der Waals surface area contributed by atoms with Crippen molar-refractivity contribution in [1.82, 2.24) is 15.5 Å². The van der Waals surface area contributed by atoms with Gasteiger partial charge in [0.15, 0.2) is 17.3 Å². The van der Waals surface area contributed by atoms with Gasteiger partial charge in [0, 0.05) is 0 Å². The van der Waals surface area contributed by atoms with Gasteiger partial charge in [0.05, 0.1) is 11.0 Å². The molecular formula is C7H7N5O3S2. The van der Waals surface area contributed by atoms with Gasteiger partial charge in [-0.15, -0.1) is 10.2 Å². The Labute approximate surface area is 103 Å². The molecule has 0 saturated carbocycles.